The average molecular weight is 666 g/mol. The summed E-state index contributed by atoms with van der Waals surface area (Å²) in [6, 6.07) is 17.8. The fraction of sp³-hybridized carbons (Fsp3) is 0.206. The molecule has 2 heterocycles. The maximum atomic E-state index is 13.4. The van der Waals surface area contributed by atoms with Crippen LogP contribution in [0, 0.1) is 40.7 Å². The summed E-state index contributed by atoms with van der Waals surface area (Å²) in [5.74, 6) is -2.03. The van der Waals surface area contributed by atoms with Gasteiger partial charge in [-0.3, -0.25) is 29.4 Å². The lowest BCUT2D eigenvalue weighted by atomic mass is 9.85. The molecule has 0 spiro atoms. The van der Waals surface area contributed by atoms with Crippen LogP contribution in [0.4, 0.5) is 11.4 Å². The summed E-state index contributed by atoms with van der Waals surface area (Å²) in [6.45, 7) is 0.957. The zero-order chi connectivity index (χ0) is 31.6. The molecule has 2 bridgehead atoms. The van der Waals surface area contributed by atoms with E-state index in [4.69, 9.17) is 9.72 Å². The van der Waals surface area contributed by atoms with Gasteiger partial charge in [-0.15, -0.1) is 0 Å². The van der Waals surface area contributed by atoms with Gasteiger partial charge in [0.1, 0.15) is 0 Å². The minimum atomic E-state index is -0.767. The second kappa shape index (κ2) is 10.8. The number of hydrogen-bond donors (Lipinski definition) is 0. The molecule has 0 N–H and O–H groups in total. The Balaban J connectivity index is 1.15. The number of pyridine rings is 1. The van der Waals surface area contributed by atoms with Gasteiger partial charge in [0.15, 0.2) is 6.61 Å². The lowest BCUT2D eigenvalue weighted by Gasteiger charge is -2.17. The Kier molecular flexibility index (Phi) is 6.92. The number of rotatable bonds is 7. The molecule has 1 saturated carbocycles. The number of fused-ring (bicyclic) bond motifs is 6. The predicted molar refractivity (Wildman–Crippen MR) is 168 cm³/mol. The zero-order valence-corrected chi connectivity index (χ0v) is 25.4. The number of hydrogen-bond acceptors (Lipinski definition) is 8. The number of nitro benzene ring substituents is 1. The normalized spacial score (nSPS) is 21.4. The maximum Gasteiger partial charge on any atom is 0.339 e. The molecular weight excluding hydrogens is 642 g/mol. The van der Waals surface area contributed by atoms with E-state index in [1.54, 1.807) is 55.5 Å². The van der Waals surface area contributed by atoms with E-state index in [0.29, 0.717) is 37.9 Å². The Bertz CT molecular complexity index is 1980. The van der Waals surface area contributed by atoms with E-state index in [1.807, 2.05) is 0 Å². The standard InChI is InChI=1S/C34H24BrN3O7/c1-17-2-3-19(13-28(17)38(43)44)29(39)16-45-34(42)25-15-27(36-26-11-8-22(35)14-24(25)26)18-6-9-23(10-7-18)37-32(40)30-20-4-5-21(12-20)31(30)33(37)41/h2-11,13-15,20-21,30-31H,12,16H2,1H3. The monoisotopic (exact) mass is 665 g/mol. The van der Waals surface area contributed by atoms with E-state index >= 15 is 0 Å². The molecule has 4 unspecified atom stereocenters. The number of ketones is 1. The number of Topliss-reactive ketones (excluding diaryl/α,β-unsaturated/α-hetero) is 1. The van der Waals surface area contributed by atoms with Gasteiger partial charge in [-0.2, -0.15) is 0 Å². The smallest absolute Gasteiger partial charge is 0.339 e. The van der Waals surface area contributed by atoms with Crippen molar-refractivity contribution in [2.24, 2.45) is 23.7 Å². The van der Waals surface area contributed by atoms with Gasteiger partial charge in [-0.05, 0) is 61.6 Å². The lowest BCUT2D eigenvalue weighted by molar-refractivity contribution is -0.385. The summed E-state index contributed by atoms with van der Waals surface area (Å²) in [7, 11) is 0. The van der Waals surface area contributed by atoms with Gasteiger partial charge in [0.05, 0.1) is 39.2 Å². The molecule has 4 aromatic rings. The second-order valence-electron chi connectivity index (χ2n) is 11.5. The first kappa shape index (κ1) is 28.7. The highest BCUT2D eigenvalue weighted by Crippen LogP contribution is 2.53. The fourth-order valence-corrected chi connectivity index (χ4v) is 7.09. The second-order valence-corrected chi connectivity index (χ2v) is 12.4. The van der Waals surface area contributed by atoms with Gasteiger partial charge in [-0.1, -0.05) is 52.3 Å². The van der Waals surface area contributed by atoms with Crippen molar-refractivity contribution in [2.75, 3.05) is 11.5 Å². The summed E-state index contributed by atoms with van der Waals surface area (Å²) in [4.78, 5) is 69.4. The van der Waals surface area contributed by atoms with Gasteiger partial charge in [0.25, 0.3) is 5.69 Å². The largest absolute Gasteiger partial charge is 0.454 e. The number of allylic oxidation sites excluding steroid dienone is 2. The molecule has 2 aliphatic carbocycles. The molecule has 10 nitrogen and oxygen atoms in total. The highest BCUT2D eigenvalue weighted by Gasteiger charge is 2.59. The van der Waals surface area contributed by atoms with E-state index in [-0.39, 0.29) is 52.3 Å². The number of amides is 2. The quantitative estimate of drug-likeness (QED) is 0.0566. The molecule has 3 aromatic carbocycles. The fourth-order valence-electron chi connectivity index (χ4n) is 6.72. The lowest BCUT2D eigenvalue weighted by Crippen LogP contribution is -2.32. The molecule has 1 saturated heterocycles. The Morgan fingerprint density at radius 2 is 1.67 bits per heavy atom. The van der Waals surface area contributed by atoms with Crippen LogP contribution < -0.4 is 4.90 Å². The van der Waals surface area contributed by atoms with Crippen LogP contribution in [0.1, 0.15) is 32.7 Å². The third-order valence-corrected chi connectivity index (χ3v) is 9.44. The Labute approximate surface area is 265 Å². The van der Waals surface area contributed by atoms with Gasteiger partial charge < -0.3 is 4.74 Å². The molecule has 45 heavy (non-hydrogen) atoms. The highest BCUT2D eigenvalue weighted by atomic mass is 79.9. The number of halogens is 1. The molecule has 3 aliphatic rings. The van der Waals surface area contributed by atoms with E-state index in [1.165, 1.54) is 23.1 Å². The maximum absolute atomic E-state index is 13.4. The number of ether oxygens (including phenoxy) is 1. The van der Waals surface area contributed by atoms with E-state index in [9.17, 15) is 29.3 Å². The van der Waals surface area contributed by atoms with E-state index < -0.39 is 23.3 Å². The van der Waals surface area contributed by atoms with Crippen LogP contribution in [-0.2, 0) is 14.3 Å². The number of nitrogens with zero attached hydrogens (tertiary/aromatic N) is 3. The van der Waals surface area contributed by atoms with Crippen molar-refractivity contribution in [3.8, 4) is 11.3 Å². The first-order chi connectivity index (χ1) is 21.6. The number of aromatic nitrogens is 1. The van der Waals surface area contributed by atoms with Crippen molar-refractivity contribution in [1.29, 1.82) is 0 Å². The molecule has 2 fully saturated rings. The van der Waals surface area contributed by atoms with Crippen molar-refractivity contribution in [3.05, 3.63) is 110 Å². The van der Waals surface area contributed by atoms with Crippen LogP contribution in [0.2, 0.25) is 0 Å². The summed E-state index contributed by atoms with van der Waals surface area (Å²) < 4.78 is 6.10. The SMILES string of the molecule is Cc1ccc(C(=O)COC(=O)c2cc(-c3ccc(N4C(=O)C5C6C=CC(C6)C5C4=O)cc3)nc3ccc(Br)cc23)cc1[N+](=O)[O-]. The van der Waals surface area contributed by atoms with Gasteiger partial charge in [0, 0.05) is 32.6 Å². The highest BCUT2D eigenvalue weighted by molar-refractivity contribution is 9.10. The van der Waals surface area contributed by atoms with Gasteiger partial charge in [0.2, 0.25) is 17.6 Å². The number of esters is 1. The number of anilines is 1. The first-order valence-corrected chi connectivity index (χ1v) is 15.1. The molecule has 1 aliphatic heterocycles. The molecule has 11 heteroatoms. The summed E-state index contributed by atoms with van der Waals surface area (Å²) in [6.07, 6.45) is 4.97. The molecule has 224 valence electrons. The minimum Gasteiger partial charge on any atom is -0.454 e. The van der Waals surface area contributed by atoms with Gasteiger partial charge in [-0.25, -0.2) is 9.78 Å². The van der Waals surface area contributed by atoms with Crippen LogP contribution in [-0.4, -0.2) is 40.1 Å². The van der Waals surface area contributed by atoms with Crippen molar-refractivity contribution in [3.63, 3.8) is 0 Å². The number of nitro groups is 1. The topological polar surface area (TPSA) is 137 Å². The van der Waals surface area contributed by atoms with Crippen molar-refractivity contribution in [2.45, 2.75) is 13.3 Å². The summed E-state index contributed by atoms with van der Waals surface area (Å²) in [5, 5.41) is 11.8. The number of aryl methyl sites for hydroxylation is 1. The minimum absolute atomic E-state index is 0.0609. The molecule has 4 atom stereocenters. The Morgan fingerprint density at radius 3 is 2.33 bits per heavy atom. The van der Waals surface area contributed by atoms with Crippen molar-refractivity contribution >= 4 is 61.8 Å². The number of benzene rings is 3. The van der Waals surface area contributed by atoms with Crippen LogP contribution in [0.15, 0.2) is 83.4 Å². The van der Waals surface area contributed by atoms with Crippen molar-refractivity contribution < 1.29 is 28.8 Å². The molecule has 2 amide bonds. The third-order valence-electron chi connectivity index (χ3n) is 8.94. The van der Waals surface area contributed by atoms with Crippen LogP contribution >= 0.6 is 15.9 Å². The molecular formula is C34H24BrN3O7. The summed E-state index contributed by atoms with van der Waals surface area (Å²) in [5.41, 5.74) is 2.53. The zero-order valence-electron chi connectivity index (χ0n) is 23.8. The van der Waals surface area contributed by atoms with E-state index in [0.717, 1.165) is 6.42 Å². The summed E-state index contributed by atoms with van der Waals surface area (Å²) >= 11 is 3.42. The average Bonchev–Trinajstić information content (AvgIpc) is 3.72. The molecule has 0 radical (unpaired) electrons. The first-order valence-electron chi connectivity index (χ1n) is 14.3. The van der Waals surface area contributed by atoms with E-state index in [2.05, 4.69) is 28.1 Å². The van der Waals surface area contributed by atoms with Gasteiger partial charge >= 0.3 is 5.97 Å². The third kappa shape index (κ3) is 4.83. The number of carbonyl (C=O) groups excluding carboxylic acids is 4. The number of carbonyl (C=O) groups is 4. The predicted octanol–water partition coefficient (Wildman–Crippen LogP) is 6.23. The van der Waals surface area contributed by atoms with Crippen molar-refractivity contribution in [1.82, 2.24) is 4.98 Å². The Morgan fingerprint density at radius 1 is 0.978 bits per heavy atom. The number of imide groups is 1. The molecule has 1 aromatic heterocycles. The Hall–Kier alpha value is -5.03. The van der Waals surface area contributed by atoms with Crippen LogP contribution in [0.25, 0.3) is 22.2 Å². The molecule has 7 rings (SSSR count). The van der Waals surface area contributed by atoms with Crippen LogP contribution in [0.5, 0.6) is 0 Å². The van der Waals surface area contributed by atoms with Crippen LogP contribution in [0.3, 0.4) is 0 Å².